The smallest absolute Gasteiger partial charge is 0.208 e. The van der Waals surface area contributed by atoms with Gasteiger partial charge < -0.3 is 4.89 Å². The molecular weight excluding hydrogens is 209 g/mol. The van der Waals surface area contributed by atoms with Gasteiger partial charge in [0.1, 0.15) is 11.9 Å². The molecule has 1 fully saturated rings. The summed E-state index contributed by atoms with van der Waals surface area (Å²) < 4.78 is 7.44. The molecule has 0 aliphatic carbocycles. The maximum Gasteiger partial charge on any atom is 0.208 e. The fourth-order valence-electron chi connectivity index (χ4n) is 1.87. The van der Waals surface area contributed by atoms with Crippen LogP contribution in [-0.2, 0) is 4.52 Å². The highest BCUT2D eigenvalue weighted by Crippen LogP contribution is 2.57. The van der Waals surface area contributed by atoms with Crippen LogP contribution in [0.1, 0.15) is 13.8 Å². The zero-order valence-corrected chi connectivity index (χ0v) is 9.98. The Kier molecular flexibility index (Phi) is 3.08. The fraction of sp³-hybridized carbons (Fsp3) is 0.455. The molecule has 0 N–H and O–H groups in total. The Labute approximate surface area is 91.2 Å². The average molecular weight is 225 g/mol. The van der Waals surface area contributed by atoms with Gasteiger partial charge in [-0.1, -0.05) is 18.2 Å². The predicted molar refractivity (Wildman–Crippen MR) is 60.8 cm³/mol. The van der Waals surface area contributed by atoms with Gasteiger partial charge in [-0.05, 0) is 26.0 Å². The summed E-state index contributed by atoms with van der Waals surface area (Å²) in [5, 5.41) is 0.802. The molecule has 0 saturated carbocycles. The molecule has 1 saturated heterocycles. The molecule has 4 heteroatoms. The molecule has 1 aromatic carbocycles. The second kappa shape index (κ2) is 4.18. The van der Waals surface area contributed by atoms with Crippen molar-refractivity contribution in [3.63, 3.8) is 0 Å². The van der Waals surface area contributed by atoms with Gasteiger partial charge in [-0.15, -0.1) is 4.67 Å². The van der Waals surface area contributed by atoms with Crippen molar-refractivity contribution in [3.05, 3.63) is 30.3 Å². The van der Waals surface area contributed by atoms with Crippen LogP contribution in [0.5, 0.6) is 0 Å². The summed E-state index contributed by atoms with van der Waals surface area (Å²) in [4.78, 5) is 12.7. The Hall–Kier alpha value is -0.470. The van der Waals surface area contributed by atoms with Gasteiger partial charge in [-0.2, -0.15) is 0 Å². The number of hydrogen-bond donors (Lipinski definition) is 0. The first-order valence-electron chi connectivity index (χ1n) is 5.22. The molecular formula is C11H16NO2P. The summed E-state index contributed by atoms with van der Waals surface area (Å²) >= 11 is 0. The van der Waals surface area contributed by atoms with E-state index in [-0.39, 0.29) is 6.04 Å². The van der Waals surface area contributed by atoms with E-state index < -0.39 is 7.87 Å². The second-order valence-electron chi connectivity index (χ2n) is 3.95. The lowest BCUT2D eigenvalue weighted by Gasteiger charge is -2.33. The van der Waals surface area contributed by atoms with Crippen molar-refractivity contribution in [2.24, 2.45) is 0 Å². The molecule has 15 heavy (non-hydrogen) atoms. The van der Waals surface area contributed by atoms with E-state index in [1.165, 1.54) is 0 Å². The highest BCUT2D eigenvalue weighted by atomic mass is 31.2. The largest absolute Gasteiger partial charge is 0.637 e. The van der Waals surface area contributed by atoms with Crippen LogP contribution >= 0.6 is 7.87 Å². The van der Waals surface area contributed by atoms with Crippen molar-refractivity contribution >= 4 is 13.2 Å². The summed E-state index contributed by atoms with van der Waals surface area (Å²) in [6, 6.07) is 9.72. The fourth-order valence-corrected chi connectivity index (χ4v) is 4.29. The summed E-state index contributed by atoms with van der Waals surface area (Å²) in [7, 11) is -2.76. The van der Waals surface area contributed by atoms with Gasteiger partial charge in [0.25, 0.3) is 0 Å². The molecule has 1 aliphatic heterocycles. The van der Waals surface area contributed by atoms with Crippen LogP contribution < -0.4 is 10.2 Å². The maximum atomic E-state index is 12.7. The molecule has 1 aromatic rings. The molecule has 1 atom stereocenters. The van der Waals surface area contributed by atoms with Gasteiger partial charge in [0.2, 0.25) is 7.87 Å². The molecule has 1 heterocycles. The molecule has 0 amide bonds. The van der Waals surface area contributed by atoms with Crippen molar-refractivity contribution in [2.45, 2.75) is 19.9 Å². The minimum atomic E-state index is -2.76. The van der Waals surface area contributed by atoms with E-state index in [0.29, 0.717) is 6.61 Å². The lowest BCUT2D eigenvalue weighted by atomic mass is 10.4. The molecule has 2 rings (SSSR count). The third kappa shape index (κ3) is 1.93. The van der Waals surface area contributed by atoms with E-state index >= 15 is 0 Å². The molecule has 3 nitrogen and oxygen atoms in total. The highest BCUT2D eigenvalue weighted by Gasteiger charge is 2.45. The van der Waals surface area contributed by atoms with E-state index in [1.54, 1.807) is 0 Å². The van der Waals surface area contributed by atoms with Crippen molar-refractivity contribution < 1.29 is 9.42 Å². The zero-order chi connectivity index (χ0) is 10.9. The van der Waals surface area contributed by atoms with Gasteiger partial charge in [0.15, 0.2) is 0 Å². The number of benzene rings is 1. The minimum absolute atomic E-state index is 0.249. The first-order valence-corrected chi connectivity index (χ1v) is 6.79. The van der Waals surface area contributed by atoms with E-state index in [4.69, 9.17) is 4.52 Å². The predicted octanol–water partition coefficient (Wildman–Crippen LogP) is 1.18. The van der Waals surface area contributed by atoms with Gasteiger partial charge in [0.05, 0.1) is 6.54 Å². The van der Waals surface area contributed by atoms with Crippen LogP contribution in [0.4, 0.5) is 0 Å². The Bertz CT molecular complexity index is 331. The first kappa shape index (κ1) is 11.0. The molecule has 0 spiro atoms. The van der Waals surface area contributed by atoms with Crippen LogP contribution in [0, 0.1) is 0 Å². The van der Waals surface area contributed by atoms with Crippen LogP contribution in [0.2, 0.25) is 0 Å². The summed E-state index contributed by atoms with van der Waals surface area (Å²) in [6.07, 6.45) is 0. The monoisotopic (exact) mass is 225 g/mol. The lowest BCUT2D eigenvalue weighted by Crippen LogP contribution is -2.38. The van der Waals surface area contributed by atoms with E-state index in [1.807, 2.05) is 48.8 Å². The number of nitrogens with zero attached hydrogens (tertiary/aromatic N) is 1. The SMILES string of the molecule is CC(C)N1CCO[P+]1([O-])c1ccccc1. The van der Waals surface area contributed by atoms with Crippen LogP contribution in [0.15, 0.2) is 30.3 Å². The summed E-state index contributed by atoms with van der Waals surface area (Å²) in [6.45, 7) is 5.41. The quantitative estimate of drug-likeness (QED) is 0.709. The van der Waals surface area contributed by atoms with Crippen molar-refractivity contribution in [3.8, 4) is 0 Å². The third-order valence-electron chi connectivity index (χ3n) is 2.60. The highest BCUT2D eigenvalue weighted by molar-refractivity contribution is 7.69. The molecule has 0 radical (unpaired) electrons. The molecule has 82 valence electrons. The van der Waals surface area contributed by atoms with Gasteiger partial charge in [-0.25, -0.2) is 4.52 Å². The van der Waals surface area contributed by atoms with Crippen molar-refractivity contribution in [1.82, 2.24) is 4.67 Å². The minimum Gasteiger partial charge on any atom is -0.637 e. The van der Waals surface area contributed by atoms with E-state index in [2.05, 4.69) is 0 Å². The maximum absolute atomic E-state index is 12.7. The molecule has 0 bridgehead atoms. The summed E-state index contributed by atoms with van der Waals surface area (Å²) in [5.41, 5.74) is 0. The molecule has 0 aromatic heterocycles. The molecule has 1 aliphatic rings. The van der Waals surface area contributed by atoms with Crippen LogP contribution in [-0.4, -0.2) is 23.9 Å². The Morgan fingerprint density at radius 3 is 2.60 bits per heavy atom. The average Bonchev–Trinajstić information content (AvgIpc) is 2.63. The van der Waals surface area contributed by atoms with Gasteiger partial charge in [-0.3, -0.25) is 0 Å². The normalized spacial score (nSPS) is 27.5. The molecule has 1 unspecified atom stereocenters. The van der Waals surface area contributed by atoms with E-state index in [0.717, 1.165) is 11.8 Å². The topological polar surface area (TPSA) is 35.5 Å². The van der Waals surface area contributed by atoms with E-state index in [9.17, 15) is 4.89 Å². The second-order valence-corrected chi connectivity index (χ2v) is 6.28. The van der Waals surface area contributed by atoms with Gasteiger partial charge in [0, 0.05) is 6.04 Å². The first-order chi connectivity index (χ1) is 7.14. The van der Waals surface area contributed by atoms with Crippen molar-refractivity contribution in [1.29, 1.82) is 0 Å². The van der Waals surface area contributed by atoms with Crippen molar-refractivity contribution in [2.75, 3.05) is 13.2 Å². The number of rotatable bonds is 2. The van der Waals surface area contributed by atoms with Gasteiger partial charge >= 0.3 is 0 Å². The summed E-state index contributed by atoms with van der Waals surface area (Å²) in [5.74, 6) is 0. The Morgan fingerprint density at radius 2 is 2.00 bits per heavy atom. The third-order valence-corrected chi connectivity index (χ3v) is 5.42. The van der Waals surface area contributed by atoms with Crippen LogP contribution in [0.3, 0.4) is 0 Å². The standard InChI is InChI=1S/C11H16NO2P/c1-10(2)12-8-9-14-15(12,13)11-6-4-3-5-7-11/h3-7,10H,8-9H2,1-2H3. The Morgan fingerprint density at radius 1 is 1.33 bits per heavy atom. The Balaban J connectivity index is 2.33. The lowest BCUT2D eigenvalue weighted by molar-refractivity contribution is -0.195. The van der Waals surface area contributed by atoms with Crippen LogP contribution in [0.25, 0.3) is 0 Å². The number of hydrogen-bond acceptors (Lipinski definition) is 3. The zero-order valence-electron chi connectivity index (χ0n) is 9.09.